The van der Waals surface area contributed by atoms with Crippen molar-refractivity contribution in [3.63, 3.8) is 0 Å². The number of nitrogens with zero attached hydrogens (tertiary/aromatic N) is 4. The molecule has 30 heteroatoms. The molecule has 0 bridgehead atoms. The summed E-state index contributed by atoms with van der Waals surface area (Å²) in [6.07, 6.45) is -3.40. The molecule has 1 aromatic carbocycles. The summed E-state index contributed by atoms with van der Waals surface area (Å²) in [6, 6.07) is 6.37. The lowest BCUT2D eigenvalue weighted by Gasteiger charge is -2.20. The molecular formula is C29H41N8O19P3. The van der Waals surface area contributed by atoms with Crippen LogP contribution in [-0.4, -0.2) is 126 Å². The second kappa shape index (κ2) is 23.5. The smallest absolute Gasteiger partial charge is 0.490 e. The Morgan fingerprint density at radius 1 is 1.12 bits per heavy atom. The van der Waals surface area contributed by atoms with E-state index in [1.165, 1.54) is 13.2 Å². The van der Waals surface area contributed by atoms with Crippen molar-refractivity contribution in [2.75, 3.05) is 66.8 Å². The third-order valence-electron chi connectivity index (χ3n) is 7.28. The first kappa shape index (κ1) is 49.1. The number of carbonyl (C=O) groups excluding carboxylic acids is 2. The van der Waals surface area contributed by atoms with Crippen molar-refractivity contribution in [1.82, 2.24) is 25.5 Å². The molecule has 1 saturated heterocycles. The molecule has 2 amide bonds. The SMILES string of the molecule is CNCCNC(=O)c1cccc(OCC(N=[N+]=[N-])OCCOCC(=O)NCC#Cc2cn([C@H]3C[C@@H](OC)[C@@H](COP(=O)(O)OP(=O)(O)OP(=O)(O)O)O3)c(=O)[nH]c2=O)c1. The number of likely N-dealkylation sites (N-methyl/N-ethyl adjacent to an activating group) is 1. The number of rotatable bonds is 24. The highest BCUT2D eigenvalue weighted by Crippen LogP contribution is 2.66. The highest BCUT2D eigenvalue weighted by molar-refractivity contribution is 7.66. The van der Waals surface area contributed by atoms with E-state index in [2.05, 4.69) is 55.9 Å². The average Bonchev–Trinajstić information content (AvgIpc) is 3.57. The first-order valence-corrected chi connectivity index (χ1v) is 21.3. The maximum atomic E-state index is 12.6. The summed E-state index contributed by atoms with van der Waals surface area (Å²) in [6.45, 7) is -0.843. The van der Waals surface area contributed by atoms with E-state index >= 15 is 0 Å². The molecule has 59 heavy (non-hydrogen) atoms. The minimum absolute atomic E-state index is 0.0813. The summed E-state index contributed by atoms with van der Waals surface area (Å²) < 4.78 is 74.6. The quantitative estimate of drug-likeness (QED) is 0.0162. The van der Waals surface area contributed by atoms with Crippen molar-refractivity contribution in [3.05, 3.63) is 72.9 Å². The van der Waals surface area contributed by atoms with Gasteiger partial charge in [-0.3, -0.25) is 28.5 Å². The number of methoxy groups -OCH3 is 1. The highest BCUT2D eigenvalue weighted by atomic mass is 31.3. The molecule has 0 spiro atoms. The maximum Gasteiger partial charge on any atom is 0.490 e. The van der Waals surface area contributed by atoms with Crippen LogP contribution < -0.4 is 31.9 Å². The Labute approximate surface area is 333 Å². The number of aromatic amines is 1. The van der Waals surface area contributed by atoms with E-state index in [4.69, 9.17) is 39.0 Å². The van der Waals surface area contributed by atoms with Gasteiger partial charge in [-0.25, -0.2) is 18.5 Å². The largest absolute Gasteiger partial charge is 0.491 e. The number of benzene rings is 1. The zero-order chi connectivity index (χ0) is 43.6. The third kappa shape index (κ3) is 17.9. The molecule has 2 heterocycles. The number of nitrogens with one attached hydrogen (secondary N) is 4. The monoisotopic (exact) mass is 898 g/mol. The van der Waals surface area contributed by atoms with Gasteiger partial charge in [-0.2, -0.15) is 8.62 Å². The molecular weight excluding hydrogens is 857 g/mol. The van der Waals surface area contributed by atoms with Crippen LogP contribution in [0.4, 0.5) is 0 Å². The van der Waals surface area contributed by atoms with Crippen LogP contribution in [0.25, 0.3) is 10.4 Å². The number of amides is 2. The molecule has 1 aliphatic rings. The van der Waals surface area contributed by atoms with Crippen LogP contribution in [0.15, 0.2) is 45.2 Å². The Hall–Kier alpha value is -4.28. The van der Waals surface area contributed by atoms with Gasteiger partial charge in [0.2, 0.25) is 5.91 Å². The van der Waals surface area contributed by atoms with Crippen molar-refractivity contribution in [1.29, 1.82) is 0 Å². The van der Waals surface area contributed by atoms with Gasteiger partial charge in [-0.1, -0.05) is 23.0 Å². The topological polar surface area (TPSA) is 380 Å². The summed E-state index contributed by atoms with van der Waals surface area (Å²) in [5.41, 5.74) is 7.22. The van der Waals surface area contributed by atoms with E-state index in [0.717, 1.165) is 10.8 Å². The molecule has 1 aliphatic heterocycles. The van der Waals surface area contributed by atoms with E-state index in [1.54, 1.807) is 25.2 Å². The lowest BCUT2D eigenvalue weighted by Crippen LogP contribution is -2.34. The third-order valence-corrected chi connectivity index (χ3v) is 11.1. The number of ether oxygens (including phenoxy) is 5. The van der Waals surface area contributed by atoms with Crippen LogP contribution in [0, 0.1) is 11.8 Å². The Balaban J connectivity index is 1.45. The van der Waals surface area contributed by atoms with Crippen LogP contribution in [0.2, 0.25) is 0 Å². The number of hydrogen-bond acceptors (Lipinski definition) is 17. The Morgan fingerprint density at radius 3 is 2.58 bits per heavy atom. The van der Waals surface area contributed by atoms with Crippen LogP contribution >= 0.6 is 23.5 Å². The normalized spacial score (nSPS) is 18.9. The number of carbonyl (C=O) groups is 2. The van der Waals surface area contributed by atoms with Crippen LogP contribution in [-0.2, 0) is 50.6 Å². The molecule has 27 nitrogen and oxygen atoms in total. The first-order valence-electron chi connectivity index (χ1n) is 16.8. The number of H-pyrrole nitrogens is 1. The molecule has 0 radical (unpaired) electrons. The van der Waals surface area contributed by atoms with Crippen molar-refractivity contribution >= 4 is 35.3 Å². The zero-order valence-electron chi connectivity index (χ0n) is 31.1. The van der Waals surface area contributed by atoms with Gasteiger partial charge in [0, 0.05) is 43.3 Å². The number of phosphoric ester groups is 1. The van der Waals surface area contributed by atoms with Crippen LogP contribution in [0.1, 0.15) is 28.6 Å². The fraction of sp³-hybridized carbons (Fsp3) is 0.517. The molecule has 1 aromatic heterocycles. The van der Waals surface area contributed by atoms with Gasteiger partial charge >= 0.3 is 29.2 Å². The molecule has 6 atom stereocenters. The van der Waals surface area contributed by atoms with Crippen molar-refractivity contribution in [3.8, 4) is 17.6 Å². The van der Waals surface area contributed by atoms with Crippen LogP contribution in [0.3, 0.4) is 0 Å². The molecule has 326 valence electrons. The van der Waals surface area contributed by atoms with Crippen molar-refractivity contribution in [2.45, 2.75) is 31.1 Å². The molecule has 3 unspecified atom stereocenters. The summed E-state index contributed by atoms with van der Waals surface area (Å²) in [7, 11) is -13.9. The van der Waals surface area contributed by atoms with E-state index in [0.29, 0.717) is 24.4 Å². The molecule has 1 fully saturated rings. The van der Waals surface area contributed by atoms with E-state index in [1.807, 2.05) is 0 Å². The van der Waals surface area contributed by atoms with E-state index < -0.39 is 78.5 Å². The van der Waals surface area contributed by atoms with Gasteiger partial charge in [-0.15, -0.1) is 0 Å². The Bertz CT molecular complexity index is 2130. The standard InChI is InChI=1S/C29H41N8O19P3/c1-31-9-10-33-27(39)19-5-3-7-21(13-19)52-18-25(35-36-30)51-12-11-50-17-24(38)32-8-4-6-20-15-37(29(41)34-28(20)40)26-14-22(49-2)23(54-26)16-53-58(45,46)56-59(47,48)55-57(42,43)44/h3,5,7,13,15,22-23,25-26,31H,8-12,14,16-18H2,1-2H3,(H,32,38)(H,33,39)(H,45,46)(H,47,48)(H,34,40,41)(H2,42,43,44)/t22-,23-,25?,26-/m1/s1. The summed E-state index contributed by atoms with van der Waals surface area (Å²) >= 11 is 0. The Kier molecular flexibility index (Phi) is 19.5. The maximum absolute atomic E-state index is 12.6. The number of hydrogen-bond donors (Lipinski definition) is 8. The molecule has 0 aliphatic carbocycles. The summed E-state index contributed by atoms with van der Waals surface area (Å²) in [5.74, 6) is 4.51. The van der Waals surface area contributed by atoms with E-state index in [9.17, 15) is 42.7 Å². The van der Waals surface area contributed by atoms with E-state index in [-0.39, 0.29) is 44.3 Å². The minimum atomic E-state index is -5.77. The van der Waals surface area contributed by atoms with Gasteiger partial charge < -0.3 is 59.2 Å². The van der Waals surface area contributed by atoms with Gasteiger partial charge in [0.05, 0.1) is 32.5 Å². The predicted octanol–water partition coefficient (Wildman–Crippen LogP) is -0.652. The average molecular weight is 899 g/mol. The number of azide groups is 1. The van der Waals surface area contributed by atoms with Gasteiger partial charge in [0.15, 0.2) is 6.23 Å². The van der Waals surface area contributed by atoms with Gasteiger partial charge in [-0.05, 0) is 30.8 Å². The van der Waals surface area contributed by atoms with Gasteiger partial charge in [0.25, 0.3) is 11.5 Å². The van der Waals surface area contributed by atoms with Gasteiger partial charge in [0.1, 0.15) is 36.9 Å². The van der Waals surface area contributed by atoms with Crippen molar-refractivity contribution < 1.29 is 79.7 Å². The number of phosphoric acid groups is 3. The highest BCUT2D eigenvalue weighted by Gasteiger charge is 2.43. The molecule has 3 rings (SSSR count). The summed E-state index contributed by atoms with van der Waals surface area (Å²) in [5, 5.41) is 11.6. The second-order valence-corrected chi connectivity index (χ2v) is 16.0. The minimum Gasteiger partial charge on any atom is -0.491 e. The molecule has 8 N–H and O–H groups in total. The number of aromatic nitrogens is 2. The first-order chi connectivity index (χ1) is 27.8. The molecule has 2 aromatic rings. The fourth-order valence-corrected chi connectivity index (χ4v) is 7.77. The van der Waals surface area contributed by atoms with Crippen LogP contribution in [0.5, 0.6) is 5.75 Å². The second-order valence-electron chi connectivity index (χ2n) is 11.6. The summed E-state index contributed by atoms with van der Waals surface area (Å²) in [4.78, 5) is 90.7. The lowest BCUT2D eigenvalue weighted by atomic mass is 10.2. The molecule has 0 saturated carbocycles. The Morgan fingerprint density at radius 2 is 1.88 bits per heavy atom. The fourth-order valence-electron chi connectivity index (χ4n) is 4.74. The lowest BCUT2D eigenvalue weighted by molar-refractivity contribution is -0.126. The predicted molar refractivity (Wildman–Crippen MR) is 198 cm³/mol. The zero-order valence-corrected chi connectivity index (χ0v) is 33.8. The van der Waals surface area contributed by atoms with Crippen molar-refractivity contribution in [2.24, 2.45) is 5.11 Å².